The number of rotatable bonds is 8. The van der Waals surface area contributed by atoms with E-state index in [2.05, 4.69) is 32.6 Å². The molecule has 0 spiro atoms. The molecule has 1 saturated heterocycles. The third kappa shape index (κ3) is 4.42. The maximum Gasteiger partial charge on any atom is 0.254 e. The molecule has 2 aromatic carbocycles. The second kappa shape index (κ2) is 10.6. The number of hydrogen-bond donors (Lipinski definition) is 1. The lowest BCUT2D eigenvalue weighted by molar-refractivity contribution is 0.0700. The lowest BCUT2D eigenvalue weighted by Crippen LogP contribution is -2.41. The molecule has 3 atom stereocenters. The summed E-state index contributed by atoms with van der Waals surface area (Å²) in [6.45, 7) is 2.12. The number of para-hydroxylation sites is 1. The highest BCUT2D eigenvalue weighted by Crippen LogP contribution is 2.40. The highest BCUT2D eigenvalue weighted by atomic mass is 16.5. The summed E-state index contributed by atoms with van der Waals surface area (Å²) in [6, 6.07) is 20.3. The minimum Gasteiger partial charge on any atom is -0.494 e. The van der Waals surface area contributed by atoms with Crippen molar-refractivity contribution in [2.75, 3.05) is 13.7 Å². The number of nitrogens with two attached hydrogens (primary N) is 1. The summed E-state index contributed by atoms with van der Waals surface area (Å²) in [7, 11) is 1.66. The topological polar surface area (TPSA) is 109 Å². The van der Waals surface area contributed by atoms with Gasteiger partial charge in [-0.2, -0.15) is 5.10 Å². The molecule has 10 heteroatoms. The molecule has 2 N–H and O–H groups in total. The van der Waals surface area contributed by atoms with Crippen molar-refractivity contribution in [2.24, 2.45) is 17.6 Å². The number of nitrogens with zero attached hydrogens (tertiary/aromatic N) is 7. The van der Waals surface area contributed by atoms with E-state index >= 15 is 0 Å². The number of aromatic nitrogens is 6. The van der Waals surface area contributed by atoms with E-state index < -0.39 is 0 Å². The lowest BCUT2D eigenvalue weighted by Gasteiger charge is -2.27. The Morgan fingerprint density at radius 3 is 2.65 bits per heavy atom. The number of carbonyl (C=O) groups is 1. The van der Waals surface area contributed by atoms with Gasteiger partial charge in [-0.15, -0.1) is 0 Å². The van der Waals surface area contributed by atoms with Crippen LogP contribution in [-0.4, -0.2) is 65.4 Å². The van der Waals surface area contributed by atoms with Crippen LogP contribution in [0.3, 0.4) is 0 Å². The van der Waals surface area contributed by atoms with E-state index in [4.69, 9.17) is 20.4 Å². The Morgan fingerprint density at radius 1 is 1.02 bits per heavy atom. The summed E-state index contributed by atoms with van der Waals surface area (Å²) >= 11 is 0. The molecule has 10 nitrogen and oxygen atoms in total. The van der Waals surface area contributed by atoms with Crippen LogP contribution in [-0.2, 0) is 13.1 Å². The number of piperidine rings is 1. The van der Waals surface area contributed by atoms with Gasteiger partial charge in [-0.1, -0.05) is 18.2 Å². The molecule has 2 saturated carbocycles. The quantitative estimate of drug-likeness (QED) is 0.251. The van der Waals surface area contributed by atoms with Gasteiger partial charge in [-0.25, -0.2) is 14.6 Å². The summed E-state index contributed by atoms with van der Waals surface area (Å²) in [5, 5.41) is 5.75. The molecular formula is C36H36N8O2. The number of pyridine rings is 1. The second-order valence-electron chi connectivity index (χ2n) is 13.1. The fraction of sp³-hybridized carbons (Fsp3) is 0.333. The Morgan fingerprint density at radius 2 is 1.89 bits per heavy atom. The lowest BCUT2D eigenvalue weighted by atomic mass is 10.1. The zero-order valence-electron chi connectivity index (χ0n) is 25.8. The average Bonchev–Trinajstić information content (AvgIpc) is 3.40. The Bertz CT molecular complexity index is 2110. The second-order valence-corrected chi connectivity index (χ2v) is 13.1. The van der Waals surface area contributed by atoms with E-state index in [1.165, 1.54) is 12.8 Å². The fourth-order valence-electron chi connectivity index (χ4n) is 7.67. The summed E-state index contributed by atoms with van der Waals surface area (Å²) < 4.78 is 12.5. The van der Waals surface area contributed by atoms with Crippen LogP contribution in [0.4, 0.5) is 0 Å². The monoisotopic (exact) mass is 612 g/mol. The van der Waals surface area contributed by atoms with E-state index in [9.17, 15) is 4.79 Å². The highest BCUT2D eigenvalue weighted by molar-refractivity contribution is 6.00. The van der Waals surface area contributed by atoms with Crippen molar-refractivity contribution < 1.29 is 9.53 Å². The molecule has 4 aromatic heterocycles. The smallest absolute Gasteiger partial charge is 0.254 e. The van der Waals surface area contributed by atoms with Gasteiger partial charge in [0, 0.05) is 54.1 Å². The molecule has 232 valence electrons. The number of imidazole rings is 1. The molecule has 9 rings (SSSR count). The van der Waals surface area contributed by atoms with Crippen LogP contribution >= 0.6 is 0 Å². The normalized spacial score (nSPS) is 20.7. The number of methoxy groups -OCH3 is 1. The molecular weight excluding hydrogens is 576 g/mol. The van der Waals surface area contributed by atoms with Gasteiger partial charge in [-0.3, -0.25) is 4.79 Å². The molecule has 46 heavy (non-hydrogen) atoms. The zero-order valence-corrected chi connectivity index (χ0v) is 25.8. The minimum absolute atomic E-state index is 0.00451. The van der Waals surface area contributed by atoms with Gasteiger partial charge in [0.2, 0.25) is 0 Å². The number of carbonyl (C=O) groups excluding carboxylic acids is 1. The van der Waals surface area contributed by atoms with Crippen molar-refractivity contribution in [3.05, 3.63) is 90.4 Å². The minimum atomic E-state index is -0.00451. The summed E-state index contributed by atoms with van der Waals surface area (Å²) in [5.41, 5.74) is 12.6. The SMILES string of the molecule is COc1cc(C(=O)N2CC3CCC2[C@@H]3N)cc2nc(-c3cc4cccnc4n3CC3CC3)n(Cc3cnn(-c4ccccc4)c3)c12. The Balaban J connectivity index is 1.20. The number of amides is 1. The molecule has 3 aliphatic rings. The zero-order chi connectivity index (χ0) is 30.9. The summed E-state index contributed by atoms with van der Waals surface area (Å²) in [6.07, 6.45) is 10.3. The van der Waals surface area contributed by atoms with Crippen LogP contribution in [0.2, 0.25) is 0 Å². The van der Waals surface area contributed by atoms with Gasteiger partial charge >= 0.3 is 0 Å². The molecule has 1 amide bonds. The van der Waals surface area contributed by atoms with E-state index in [-0.39, 0.29) is 18.0 Å². The number of hydrogen-bond acceptors (Lipinski definition) is 6. The van der Waals surface area contributed by atoms with E-state index in [0.717, 1.165) is 64.2 Å². The van der Waals surface area contributed by atoms with Crippen LogP contribution in [0.25, 0.3) is 39.3 Å². The first-order valence-corrected chi connectivity index (χ1v) is 16.2. The van der Waals surface area contributed by atoms with Crippen molar-refractivity contribution in [3.8, 4) is 23.0 Å². The fourth-order valence-corrected chi connectivity index (χ4v) is 7.67. The predicted octanol–water partition coefficient (Wildman–Crippen LogP) is 5.27. The molecule has 2 unspecified atom stereocenters. The maximum absolute atomic E-state index is 13.9. The Kier molecular flexibility index (Phi) is 6.28. The molecule has 2 bridgehead atoms. The van der Waals surface area contributed by atoms with Crippen molar-refractivity contribution in [3.63, 3.8) is 0 Å². The van der Waals surface area contributed by atoms with Crippen molar-refractivity contribution in [1.29, 1.82) is 0 Å². The number of fused-ring (bicyclic) bond motifs is 4. The van der Waals surface area contributed by atoms with E-state index in [1.54, 1.807) is 7.11 Å². The average molecular weight is 613 g/mol. The Labute approximate surface area is 266 Å². The van der Waals surface area contributed by atoms with E-state index in [0.29, 0.717) is 36.2 Å². The van der Waals surface area contributed by atoms with E-state index in [1.807, 2.05) is 70.5 Å². The molecule has 2 aliphatic carbocycles. The molecule has 5 heterocycles. The Hall–Kier alpha value is -4.96. The van der Waals surface area contributed by atoms with Crippen LogP contribution < -0.4 is 10.5 Å². The number of likely N-dealkylation sites (tertiary alicyclic amines) is 1. The number of benzene rings is 2. The molecule has 6 aromatic rings. The predicted molar refractivity (Wildman–Crippen MR) is 176 cm³/mol. The number of ether oxygens (including phenoxy) is 1. The summed E-state index contributed by atoms with van der Waals surface area (Å²) in [5.74, 6) is 2.44. The van der Waals surface area contributed by atoms with Crippen LogP contribution in [0.15, 0.2) is 79.3 Å². The summed E-state index contributed by atoms with van der Waals surface area (Å²) in [4.78, 5) is 26.0. The van der Waals surface area contributed by atoms with Crippen LogP contribution in [0.5, 0.6) is 5.75 Å². The van der Waals surface area contributed by atoms with Crippen molar-refractivity contribution in [1.82, 2.24) is 33.8 Å². The first-order chi connectivity index (χ1) is 22.6. The highest BCUT2D eigenvalue weighted by Gasteiger charge is 2.47. The molecule has 3 fully saturated rings. The third-order valence-electron chi connectivity index (χ3n) is 10.2. The molecule has 0 radical (unpaired) electrons. The van der Waals surface area contributed by atoms with Crippen molar-refractivity contribution >= 4 is 28.0 Å². The first kappa shape index (κ1) is 27.4. The van der Waals surface area contributed by atoms with Gasteiger partial charge in [0.15, 0.2) is 5.82 Å². The van der Waals surface area contributed by atoms with Gasteiger partial charge < -0.3 is 24.5 Å². The van der Waals surface area contributed by atoms with Gasteiger partial charge in [-0.05, 0) is 80.0 Å². The van der Waals surface area contributed by atoms with Gasteiger partial charge in [0.1, 0.15) is 16.9 Å². The van der Waals surface area contributed by atoms with Crippen molar-refractivity contribution in [2.45, 2.75) is 50.9 Å². The van der Waals surface area contributed by atoms with Crippen LogP contribution in [0.1, 0.15) is 41.6 Å². The van der Waals surface area contributed by atoms with Gasteiger partial charge in [0.25, 0.3) is 5.91 Å². The molecule has 1 aliphatic heterocycles. The standard InChI is InChI=1S/C36H36N8O2/c1-46-31-16-26(36(45)42-21-25-11-12-29(42)32(25)37)14-28-33(31)43(19-23-17-39-44(20-23)27-7-3-2-4-8-27)35(40-28)30-15-24-6-5-13-38-34(24)41(30)18-22-9-10-22/h2-8,13-17,20,22,25,29,32H,9-12,18-19,21,37H2,1H3/t25?,29?,32-/m1/s1. The van der Waals surface area contributed by atoms with Crippen LogP contribution in [0, 0.1) is 11.8 Å². The third-order valence-corrected chi connectivity index (χ3v) is 10.2. The van der Waals surface area contributed by atoms with Gasteiger partial charge in [0.05, 0.1) is 36.7 Å². The largest absolute Gasteiger partial charge is 0.494 e. The maximum atomic E-state index is 13.9. The first-order valence-electron chi connectivity index (χ1n) is 16.2.